The number of carbonyl (C=O) groups is 1. The number of carboxylic acids is 1. The number of tetrazole rings is 1. The number of ether oxygens (including phenoxy) is 1. The van der Waals surface area contributed by atoms with Gasteiger partial charge < -0.3 is 14.6 Å². The van der Waals surface area contributed by atoms with Crippen molar-refractivity contribution >= 4 is 5.97 Å². The number of rotatable bonds is 4. The van der Waals surface area contributed by atoms with Gasteiger partial charge >= 0.3 is 0 Å². The molecule has 0 N–H and O–H groups in total. The van der Waals surface area contributed by atoms with Crippen molar-refractivity contribution in [2.75, 3.05) is 0 Å². The predicted octanol–water partition coefficient (Wildman–Crippen LogP) is -0.821. The van der Waals surface area contributed by atoms with Gasteiger partial charge in [0.25, 0.3) is 0 Å². The fraction of sp³-hybridized carbons (Fsp3) is 0.200. The summed E-state index contributed by atoms with van der Waals surface area (Å²) >= 11 is 0. The van der Waals surface area contributed by atoms with E-state index in [0.29, 0.717) is 5.75 Å². The summed E-state index contributed by atoms with van der Waals surface area (Å²) in [6.07, 6.45) is 0.466. The molecule has 0 fully saturated rings. The van der Waals surface area contributed by atoms with Crippen molar-refractivity contribution in [1.29, 1.82) is 0 Å². The minimum atomic E-state index is -1.26. The molecule has 0 spiro atoms. The van der Waals surface area contributed by atoms with Crippen LogP contribution in [0, 0.1) is 0 Å². The zero-order valence-electron chi connectivity index (χ0n) is 8.98. The van der Waals surface area contributed by atoms with Crippen molar-refractivity contribution in [1.82, 2.24) is 20.2 Å². The molecule has 0 radical (unpaired) electrons. The Balaban J connectivity index is 2.11. The average Bonchev–Trinajstić information content (AvgIpc) is 2.83. The maximum absolute atomic E-state index is 10.5. The molecule has 88 valence electrons. The summed E-state index contributed by atoms with van der Waals surface area (Å²) < 4.78 is 6.60. The summed E-state index contributed by atoms with van der Waals surface area (Å²) in [5.41, 5.74) is 0.753. The standard InChI is InChI=1S/C10H10N4O3/c1-7(10(15)16)17-9-4-2-8(3-5-9)14-6-11-12-13-14/h2-7H,1H3,(H,15,16)/p-1/t7-/m0/s1. The van der Waals surface area contributed by atoms with E-state index in [1.54, 1.807) is 24.3 Å². The molecule has 0 saturated heterocycles. The summed E-state index contributed by atoms with van der Waals surface area (Å²) in [6, 6.07) is 6.70. The Morgan fingerprint density at radius 3 is 2.65 bits per heavy atom. The SMILES string of the molecule is C[C@H](Oc1ccc(-n2cnnn2)cc1)C(=O)[O-]. The summed E-state index contributed by atoms with van der Waals surface area (Å²) in [6.45, 7) is 1.41. The molecule has 1 aromatic carbocycles. The molecule has 0 aliphatic carbocycles. The summed E-state index contributed by atoms with van der Waals surface area (Å²) in [4.78, 5) is 10.5. The third kappa shape index (κ3) is 2.57. The van der Waals surface area contributed by atoms with Gasteiger partial charge in [0.2, 0.25) is 0 Å². The molecule has 7 heteroatoms. The van der Waals surface area contributed by atoms with Crippen LogP contribution in [0.5, 0.6) is 5.75 Å². The van der Waals surface area contributed by atoms with E-state index >= 15 is 0 Å². The lowest BCUT2D eigenvalue weighted by atomic mass is 10.3. The Morgan fingerprint density at radius 2 is 2.12 bits per heavy atom. The van der Waals surface area contributed by atoms with Crippen molar-refractivity contribution in [2.24, 2.45) is 0 Å². The maximum atomic E-state index is 10.5. The molecule has 7 nitrogen and oxygen atoms in total. The summed E-state index contributed by atoms with van der Waals surface area (Å²) in [5.74, 6) is -0.812. The molecule has 0 amide bonds. The van der Waals surface area contributed by atoms with Crippen molar-refractivity contribution in [3.05, 3.63) is 30.6 Å². The van der Waals surface area contributed by atoms with E-state index in [9.17, 15) is 9.90 Å². The van der Waals surface area contributed by atoms with Crippen molar-refractivity contribution in [3.8, 4) is 11.4 Å². The highest BCUT2D eigenvalue weighted by molar-refractivity contribution is 5.69. The molecule has 1 aromatic heterocycles. The zero-order chi connectivity index (χ0) is 12.3. The highest BCUT2D eigenvalue weighted by atomic mass is 16.5. The molecule has 0 saturated carbocycles. The van der Waals surface area contributed by atoms with Crippen LogP contribution in [0.1, 0.15) is 6.92 Å². The Labute approximate surface area is 96.6 Å². The van der Waals surface area contributed by atoms with E-state index in [2.05, 4.69) is 15.5 Å². The van der Waals surface area contributed by atoms with Crippen LogP contribution < -0.4 is 9.84 Å². The molecule has 1 atom stereocenters. The van der Waals surface area contributed by atoms with Crippen molar-refractivity contribution < 1.29 is 14.6 Å². The Morgan fingerprint density at radius 1 is 1.41 bits per heavy atom. The van der Waals surface area contributed by atoms with E-state index in [-0.39, 0.29) is 0 Å². The van der Waals surface area contributed by atoms with Crippen LogP contribution in [0.25, 0.3) is 5.69 Å². The Kier molecular flexibility index (Phi) is 2.99. The first-order valence-electron chi connectivity index (χ1n) is 4.88. The first-order chi connectivity index (χ1) is 8.16. The maximum Gasteiger partial charge on any atom is 0.143 e. The first-order valence-corrected chi connectivity index (χ1v) is 4.88. The fourth-order valence-electron chi connectivity index (χ4n) is 1.21. The van der Waals surface area contributed by atoms with Gasteiger partial charge in [0.1, 0.15) is 18.2 Å². The minimum absolute atomic E-state index is 0.443. The summed E-state index contributed by atoms with van der Waals surface area (Å²) in [7, 11) is 0. The third-order valence-corrected chi connectivity index (χ3v) is 2.10. The highest BCUT2D eigenvalue weighted by Crippen LogP contribution is 2.15. The second-order valence-electron chi connectivity index (χ2n) is 3.33. The number of nitrogens with zero attached hydrogens (tertiary/aromatic N) is 4. The lowest BCUT2D eigenvalue weighted by molar-refractivity contribution is -0.312. The predicted molar refractivity (Wildman–Crippen MR) is 54.3 cm³/mol. The smallest absolute Gasteiger partial charge is 0.143 e. The molecule has 1 heterocycles. The normalized spacial score (nSPS) is 12.1. The Bertz CT molecular complexity index is 495. The lowest BCUT2D eigenvalue weighted by Gasteiger charge is -2.15. The van der Waals surface area contributed by atoms with Crippen molar-refractivity contribution in [3.63, 3.8) is 0 Å². The highest BCUT2D eigenvalue weighted by Gasteiger charge is 2.05. The number of hydrogen-bond donors (Lipinski definition) is 0. The van der Waals surface area contributed by atoms with Gasteiger partial charge in [0.15, 0.2) is 0 Å². The molecule has 0 unspecified atom stereocenters. The van der Waals surface area contributed by atoms with Gasteiger partial charge in [-0.05, 0) is 41.6 Å². The zero-order valence-corrected chi connectivity index (χ0v) is 8.98. The van der Waals surface area contributed by atoms with Gasteiger partial charge in [-0.15, -0.1) is 5.10 Å². The summed E-state index contributed by atoms with van der Waals surface area (Å²) in [5, 5.41) is 21.2. The molecule has 0 bridgehead atoms. The van der Waals surface area contributed by atoms with Gasteiger partial charge in [-0.1, -0.05) is 0 Å². The van der Waals surface area contributed by atoms with E-state index in [4.69, 9.17) is 4.74 Å². The van der Waals surface area contributed by atoms with Crippen LogP contribution in [-0.2, 0) is 4.79 Å². The van der Waals surface area contributed by atoms with E-state index in [1.807, 2.05) is 0 Å². The minimum Gasteiger partial charge on any atom is -0.546 e. The van der Waals surface area contributed by atoms with Gasteiger partial charge in [-0.25, -0.2) is 4.68 Å². The fourth-order valence-corrected chi connectivity index (χ4v) is 1.21. The molecule has 0 aliphatic heterocycles. The van der Waals surface area contributed by atoms with Crippen LogP contribution >= 0.6 is 0 Å². The van der Waals surface area contributed by atoms with Crippen LogP contribution in [0.4, 0.5) is 0 Å². The molecule has 17 heavy (non-hydrogen) atoms. The van der Waals surface area contributed by atoms with E-state index in [1.165, 1.54) is 17.9 Å². The van der Waals surface area contributed by atoms with Crippen molar-refractivity contribution in [2.45, 2.75) is 13.0 Å². The number of hydrogen-bond acceptors (Lipinski definition) is 6. The molecule has 0 aliphatic rings. The first kappa shape index (κ1) is 11.1. The monoisotopic (exact) mass is 233 g/mol. The van der Waals surface area contributed by atoms with E-state index < -0.39 is 12.1 Å². The topological polar surface area (TPSA) is 93.0 Å². The molecular weight excluding hydrogens is 224 g/mol. The number of carbonyl (C=O) groups excluding carboxylic acids is 1. The average molecular weight is 233 g/mol. The van der Waals surface area contributed by atoms with Crippen LogP contribution in [0.15, 0.2) is 30.6 Å². The largest absolute Gasteiger partial charge is 0.546 e. The molecule has 2 aromatic rings. The van der Waals surface area contributed by atoms with Crippen LogP contribution in [0.3, 0.4) is 0 Å². The number of carboxylic acid groups (broad SMARTS) is 1. The van der Waals surface area contributed by atoms with Gasteiger partial charge in [-0.3, -0.25) is 0 Å². The third-order valence-electron chi connectivity index (χ3n) is 2.10. The number of aromatic nitrogens is 4. The van der Waals surface area contributed by atoms with Gasteiger partial charge in [0, 0.05) is 0 Å². The number of aliphatic carboxylic acids is 1. The molecular formula is C10H9N4O3-. The molecule has 2 rings (SSSR count). The lowest BCUT2D eigenvalue weighted by Crippen LogP contribution is -2.37. The van der Waals surface area contributed by atoms with Gasteiger partial charge in [-0.2, -0.15) is 0 Å². The number of benzene rings is 1. The quantitative estimate of drug-likeness (QED) is 0.685. The second-order valence-corrected chi connectivity index (χ2v) is 3.33. The van der Waals surface area contributed by atoms with Gasteiger partial charge in [0.05, 0.1) is 11.7 Å². The second kappa shape index (κ2) is 4.60. The van der Waals surface area contributed by atoms with E-state index in [0.717, 1.165) is 5.69 Å². The van der Waals surface area contributed by atoms with Crippen LogP contribution in [-0.4, -0.2) is 32.3 Å². The Hall–Kier alpha value is -2.44. The van der Waals surface area contributed by atoms with Crippen LogP contribution in [0.2, 0.25) is 0 Å².